The highest BCUT2D eigenvalue weighted by Gasteiger charge is 2.16. The molecule has 6 nitrogen and oxygen atoms in total. The molecular formula is C25H19FN6. The Labute approximate surface area is 183 Å². The van der Waals surface area contributed by atoms with Crippen LogP contribution in [-0.2, 0) is 0 Å². The van der Waals surface area contributed by atoms with Crippen LogP contribution in [0, 0.1) is 5.82 Å². The molecule has 0 aliphatic carbocycles. The fourth-order valence-corrected chi connectivity index (χ4v) is 3.77. The largest absolute Gasteiger partial charge is 0.352 e. The van der Waals surface area contributed by atoms with Crippen molar-refractivity contribution in [3.63, 3.8) is 0 Å². The third-order valence-corrected chi connectivity index (χ3v) is 5.34. The molecule has 2 N–H and O–H groups in total. The summed E-state index contributed by atoms with van der Waals surface area (Å²) in [4.78, 5) is 16.3. The second-order valence-corrected chi connectivity index (χ2v) is 7.20. The molecule has 4 heterocycles. The van der Waals surface area contributed by atoms with Crippen molar-refractivity contribution in [2.75, 3.05) is 0 Å². The molecule has 5 rings (SSSR count). The third-order valence-electron chi connectivity index (χ3n) is 5.34. The normalized spacial score (nSPS) is 12.2. The first-order valence-corrected chi connectivity index (χ1v) is 10.1. The van der Waals surface area contributed by atoms with Crippen molar-refractivity contribution in [1.82, 2.24) is 25.1 Å². The van der Waals surface area contributed by atoms with Gasteiger partial charge in [-0.2, -0.15) is 5.10 Å². The number of aliphatic imine (C=N–C) groups is 1. The Morgan fingerprint density at radius 3 is 2.75 bits per heavy atom. The minimum absolute atomic E-state index is 0.287. The maximum Gasteiger partial charge on any atom is 0.131 e. The van der Waals surface area contributed by atoms with E-state index in [2.05, 4.69) is 36.7 Å². The Hall–Kier alpha value is -4.39. The smallest absolute Gasteiger partial charge is 0.131 e. The summed E-state index contributed by atoms with van der Waals surface area (Å²) < 4.78 is 14.4. The van der Waals surface area contributed by atoms with Gasteiger partial charge < -0.3 is 4.98 Å². The predicted octanol–water partition coefficient (Wildman–Crippen LogP) is 5.92. The molecule has 0 unspecified atom stereocenters. The molecule has 0 atom stereocenters. The van der Waals surface area contributed by atoms with Crippen LogP contribution in [0.1, 0.15) is 12.6 Å². The van der Waals surface area contributed by atoms with E-state index < -0.39 is 0 Å². The van der Waals surface area contributed by atoms with Gasteiger partial charge >= 0.3 is 0 Å². The Morgan fingerprint density at radius 2 is 1.94 bits per heavy atom. The summed E-state index contributed by atoms with van der Waals surface area (Å²) in [6.45, 7) is 5.55. The molecule has 156 valence electrons. The van der Waals surface area contributed by atoms with Crippen LogP contribution in [0.15, 0.2) is 78.8 Å². The Morgan fingerprint density at radius 1 is 1.06 bits per heavy atom. The lowest BCUT2D eigenvalue weighted by Crippen LogP contribution is -1.90. The third kappa shape index (κ3) is 3.30. The first-order valence-electron chi connectivity index (χ1n) is 10.1. The van der Waals surface area contributed by atoms with E-state index >= 15 is 0 Å². The Kier molecular flexibility index (Phi) is 4.91. The molecule has 0 amide bonds. The molecule has 1 aromatic carbocycles. The number of allylic oxidation sites excluding steroid dienone is 2. The van der Waals surface area contributed by atoms with Gasteiger partial charge in [-0.3, -0.25) is 20.1 Å². The summed E-state index contributed by atoms with van der Waals surface area (Å²) in [5.74, 6) is -0.287. The van der Waals surface area contributed by atoms with Gasteiger partial charge in [0.25, 0.3) is 0 Å². The summed E-state index contributed by atoms with van der Waals surface area (Å²) >= 11 is 0. The second-order valence-electron chi connectivity index (χ2n) is 7.20. The number of pyridine rings is 2. The zero-order chi connectivity index (χ0) is 22.1. The van der Waals surface area contributed by atoms with Crippen LogP contribution < -0.4 is 0 Å². The molecule has 0 spiro atoms. The summed E-state index contributed by atoms with van der Waals surface area (Å²) in [5.41, 5.74) is 6.05. The highest BCUT2D eigenvalue weighted by molar-refractivity contribution is 6.10. The van der Waals surface area contributed by atoms with Gasteiger partial charge in [0.1, 0.15) is 11.5 Å². The number of hydrogen-bond acceptors (Lipinski definition) is 4. The zero-order valence-electron chi connectivity index (χ0n) is 17.3. The number of nitrogens with one attached hydrogen (secondary N) is 2. The number of aromatic nitrogens is 5. The van der Waals surface area contributed by atoms with E-state index in [9.17, 15) is 4.39 Å². The molecular weight excluding hydrogens is 403 g/mol. The van der Waals surface area contributed by atoms with Gasteiger partial charge in [-0.1, -0.05) is 30.9 Å². The first kappa shape index (κ1) is 19.6. The number of hydrogen-bond donors (Lipinski definition) is 2. The number of rotatable bonds is 5. The van der Waals surface area contributed by atoms with Crippen LogP contribution in [0.3, 0.4) is 0 Å². The summed E-state index contributed by atoms with van der Waals surface area (Å²) in [5, 5.41) is 9.33. The van der Waals surface area contributed by atoms with Gasteiger partial charge in [-0.05, 0) is 25.1 Å². The Bertz CT molecular complexity index is 1520. The number of nitrogens with zero attached hydrogens (tertiary/aromatic N) is 4. The Balaban J connectivity index is 1.66. The van der Waals surface area contributed by atoms with Crippen molar-refractivity contribution < 1.29 is 4.39 Å². The van der Waals surface area contributed by atoms with Gasteiger partial charge in [-0.25, -0.2) is 4.39 Å². The first-order chi connectivity index (χ1) is 15.7. The van der Waals surface area contributed by atoms with Crippen molar-refractivity contribution in [2.24, 2.45) is 4.99 Å². The quantitative estimate of drug-likeness (QED) is 0.345. The maximum atomic E-state index is 14.4. The average Bonchev–Trinajstić information content (AvgIpc) is 3.43. The van der Waals surface area contributed by atoms with Crippen LogP contribution in [0.25, 0.3) is 49.9 Å². The van der Waals surface area contributed by atoms with Crippen molar-refractivity contribution in [3.05, 3.63) is 85.4 Å². The lowest BCUT2D eigenvalue weighted by Gasteiger charge is -2.03. The van der Waals surface area contributed by atoms with Crippen molar-refractivity contribution in [3.8, 4) is 22.5 Å². The number of halogens is 1. The number of fused-ring (bicyclic) bond motifs is 2. The molecule has 0 radical (unpaired) electrons. The van der Waals surface area contributed by atoms with Crippen LogP contribution in [0.2, 0.25) is 0 Å². The van der Waals surface area contributed by atoms with Crippen LogP contribution in [0.5, 0.6) is 0 Å². The molecule has 4 aromatic heterocycles. The van der Waals surface area contributed by atoms with Crippen LogP contribution >= 0.6 is 0 Å². The molecule has 32 heavy (non-hydrogen) atoms. The van der Waals surface area contributed by atoms with Crippen molar-refractivity contribution in [1.29, 1.82) is 0 Å². The van der Waals surface area contributed by atoms with E-state index in [0.717, 1.165) is 50.0 Å². The molecule has 7 heteroatoms. The zero-order valence-corrected chi connectivity index (χ0v) is 17.3. The molecule has 0 bridgehead atoms. The molecule has 0 saturated heterocycles. The van der Waals surface area contributed by atoms with Gasteiger partial charge in [-0.15, -0.1) is 0 Å². The van der Waals surface area contributed by atoms with E-state index in [0.29, 0.717) is 5.56 Å². The molecule has 0 aliphatic heterocycles. The fourth-order valence-electron chi connectivity index (χ4n) is 3.77. The summed E-state index contributed by atoms with van der Waals surface area (Å²) in [6, 6.07) is 10.6. The average molecular weight is 422 g/mol. The lowest BCUT2D eigenvalue weighted by molar-refractivity contribution is 0.631. The lowest BCUT2D eigenvalue weighted by atomic mass is 10.0. The summed E-state index contributed by atoms with van der Waals surface area (Å²) in [6.07, 6.45) is 10.3. The van der Waals surface area contributed by atoms with E-state index in [4.69, 9.17) is 0 Å². The van der Waals surface area contributed by atoms with Crippen LogP contribution in [0.4, 0.5) is 4.39 Å². The van der Waals surface area contributed by atoms with Crippen molar-refractivity contribution >= 4 is 33.6 Å². The SMILES string of the molecule is C=CN=C/C(=C\C)c1cc2c(-c3cc4c(-c5ccccc5F)cncc4[nH]3)n[nH]c2cn1. The van der Waals surface area contributed by atoms with E-state index in [1.54, 1.807) is 36.9 Å². The van der Waals surface area contributed by atoms with Gasteiger partial charge in [0.05, 0.1) is 34.8 Å². The number of H-pyrrole nitrogens is 2. The molecule has 0 fully saturated rings. The number of benzene rings is 1. The second kappa shape index (κ2) is 8.03. The standard InChI is InChI=1S/C25H19FN6/c1-3-15(11-27-4-2)21-10-18-24(14-29-21)31-32-25(18)22-9-17-19(12-28-13-23(17)30-22)16-7-5-6-8-20(16)26/h3-14,30H,2H2,1H3,(H,31,32)/b15-3+,27-11?. The van der Waals surface area contributed by atoms with E-state index in [1.807, 2.05) is 31.2 Å². The molecule has 5 aromatic rings. The summed E-state index contributed by atoms with van der Waals surface area (Å²) in [7, 11) is 0. The van der Waals surface area contributed by atoms with E-state index in [1.165, 1.54) is 12.3 Å². The fraction of sp³-hybridized carbons (Fsp3) is 0.0400. The predicted molar refractivity (Wildman–Crippen MR) is 127 cm³/mol. The minimum Gasteiger partial charge on any atom is -0.352 e. The monoisotopic (exact) mass is 422 g/mol. The highest BCUT2D eigenvalue weighted by atomic mass is 19.1. The van der Waals surface area contributed by atoms with Crippen LogP contribution in [-0.4, -0.2) is 31.4 Å². The van der Waals surface area contributed by atoms with Gasteiger partial charge in [0.2, 0.25) is 0 Å². The topological polar surface area (TPSA) is 82.6 Å². The maximum absolute atomic E-state index is 14.4. The minimum atomic E-state index is -0.287. The highest BCUT2D eigenvalue weighted by Crippen LogP contribution is 2.34. The number of aromatic amines is 2. The van der Waals surface area contributed by atoms with E-state index in [-0.39, 0.29) is 5.82 Å². The molecule has 0 saturated carbocycles. The van der Waals surface area contributed by atoms with Gasteiger partial charge in [0, 0.05) is 46.1 Å². The van der Waals surface area contributed by atoms with Crippen molar-refractivity contribution in [2.45, 2.75) is 6.92 Å². The molecule has 0 aliphatic rings. The van der Waals surface area contributed by atoms with Gasteiger partial charge in [0.15, 0.2) is 0 Å².